The first-order chi connectivity index (χ1) is 33.5. The Balaban J connectivity index is 0.000000213. The number of hydrogen-bond acceptors (Lipinski definition) is 12. The molecular formula is C44H39Cl4N9O10S4. The van der Waals surface area contributed by atoms with Crippen LogP contribution in [0.2, 0.25) is 20.1 Å². The summed E-state index contributed by atoms with van der Waals surface area (Å²) in [7, 11) is -15.7. The number of benzene rings is 5. The first-order valence-electron chi connectivity index (χ1n) is 20.7. The highest BCUT2D eigenvalue weighted by Crippen LogP contribution is 2.38. The molecule has 8 rings (SSSR count). The molecular weight excluding hydrogens is 1080 g/mol. The minimum absolute atomic E-state index is 0.00239. The lowest BCUT2D eigenvalue weighted by Gasteiger charge is -2.19. The number of amides is 2. The monoisotopic (exact) mass is 1120 g/mol. The minimum Gasteiger partial charge on any atom is -0.321 e. The van der Waals surface area contributed by atoms with Gasteiger partial charge in [0.2, 0.25) is 20.0 Å². The predicted octanol–water partition coefficient (Wildman–Crippen LogP) is 7.95. The molecule has 27 heteroatoms. The van der Waals surface area contributed by atoms with Crippen LogP contribution in [0, 0.1) is 0 Å². The summed E-state index contributed by atoms with van der Waals surface area (Å²) in [5.74, 6) is -0.632. The van der Waals surface area contributed by atoms with Gasteiger partial charge in [0.15, 0.2) is 0 Å². The second-order valence-corrected chi connectivity index (χ2v) is 23.8. The Morgan fingerprint density at radius 3 is 1.87 bits per heavy atom. The van der Waals surface area contributed by atoms with Crippen molar-refractivity contribution in [3.63, 3.8) is 0 Å². The van der Waals surface area contributed by atoms with Gasteiger partial charge in [-0.05, 0) is 116 Å². The van der Waals surface area contributed by atoms with Crippen molar-refractivity contribution in [1.82, 2.24) is 19.9 Å². The van der Waals surface area contributed by atoms with Crippen LogP contribution in [0.15, 0.2) is 152 Å². The fourth-order valence-electron chi connectivity index (χ4n) is 6.40. The maximum absolute atomic E-state index is 13.0. The second-order valence-electron chi connectivity index (χ2n) is 15.3. The van der Waals surface area contributed by atoms with Crippen LogP contribution in [0.4, 0.5) is 28.4 Å². The van der Waals surface area contributed by atoms with Crippen molar-refractivity contribution < 1.29 is 43.3 Å². The van der Waals surface area contributed by atoms with Crippen molar-refractivity contribution in [3.8, 4) is 0 Å². The van der Waals surface area contributed by atoms with Gasteiger partial charge in [-0.15, -0.1) is 0 Å². The van der Waals surface area contributed by atoms with Gasteiger partial charge in [-0.2, -0.15) is 0 Å². The molecule has 1 aliphatic carbocycles. The normalized spacial score (nSPS) is 14.6. The Kier molecular flexibility index (Phi) is 16.3. The molecule has 1 aliphatic heterocycles. The van der Waals surface area contributed by atoms with E-state index in [-0.39, 0.29) is 87.9 Å². The van der Waals surface area contributed by atoms with E-state index in [1.807, 2.05) is 0 Å². The standard InChI is InChI=1S/C23H19Cl4N5O5S2.C21H20N4O5S2/c1-2-28-38(34,35)15-4-3-5-16(11-15)39(36,37)31-14-6-7-17(25)20(10-14)29-21-12-22(33)32(30-21)23-18(26)8-13(24)9-19(23)27;26-21(20-6-1-2-13-22-20)23-16-4-3-5-17(14-16)25-32(29,30)19-11-9-18(10-12-19)31(27,28)24-15-7-8-15/h3-11,28,31H,2,12H2,1H3,(H,29,30);1-6,9-15,24-25H,7-8H2,(H,23,26). The van der Waals surface area contributed by atoms with Crippen LogP contribution in [0.1, 0.15) is 36.7 Å². The van der Waals surface area contributed by atoms with Crippen molar-refractivity contribution >= 4 is 133 Å². The Morgan fingerprint density at radius 2 is 1.25 bits per heavy atom. The number of anilines is 4. The molecule has 2 fully saturated rings. The van der Waals surface area contributed by atoms with Crippen LogP contribution in [0.3, 0.4) is 0 Å². The molecule has 0 atom stereocenters. The Bertz CT molecular complexity index is 3500. The lowest BCUT2D eigenvalue weighted by atomic mass is 10.2. The van der Waals surface area contributed by atoms with E-state index in [0.29, 0.717) is 10.7 Å². The average Bonchev–Trinajstić information content (AvgIpc) is 4.05. The molecule has 0 spiro atoms. The fourth-order valence-corrected chi connectivity index (χ4v) is 12.2. The first-order valence-corrected chi connectivity index (χ1v) is 28.2. The van der Waals surface area contributed by atoms with E-state index >= 15 is 0 Å². The zero-order valence-electron chi connectivity index (χ0n) is 36.6. The smallest absolute Gasteiger partial charge is 0.274 e. The topological polar surface area (TPSA) is 271 Å². The number of amidine groups is 1. The van der Waals surface area contributed by atoms with Crippen molar-refractivity contribution in [2.75, 3.05) is 26.3 Å². The number of hydrogen-bond donors (Lipinski definition) is 6. The van der Waals surface area contributed by atoms with Crippen LogP contribution in [0.25, 0.3) is 0 Å². The van der Waals surface area contributed by atoms with Gasteiger partial charge >= 0.3 is 0 Å². The molecule has 0 radical (unpaired) electrons. The molecule has 0 bridgehead atoms. The number of aliphatic imine (C=N–C) groups is 1. The number of sulfonamides is 4. The molecule has 372 valence electrons. The molecule has 71 heavy (non-hydrogen) atoms. The van der Waals surface area contributed by atoms with Gasteiger partial charge in [0.25, 0.3) is 31.9 Å². The Morgan fingerprint density at radius 1 is 0.662 bits per heavy atom. The van der Waals surface area contributed by atoms with Gasteiger partial charge in [0.05, 0.1) is 58.1 Å². The summed E-state index contributed by atoms with van der Waals surface area (Å²) in [6.07, 6.45) is 2.96. The van der Waals surface area contributed by atoms with Gasteiger partial charge in [-0.3, -0.25) is 29.4 Å². The molecule has 2 aliphatic rings. The van der Waals surface area contributed by atoms with Gasteiger partial charge < -0.3 is 5.32 Å². The molecule has 0 unspecified atom stereocenters. The van der Waals surface area contributed by atoms with Gasteiger partial charge in [-0.25, -0.2) is 53.1 Å². The molecule has 1 aromatic heterocycles. The summed E-state index contributed by atoms with van der Waals surface area (Å²) in [5, 5.41) is 4.56. The molecule has 19 nitrogen and oxygen atoms in total. The molecule has 6 N–H and O–H groups in total. The number of rotatable bonds is 16. The third-order valence-electron chi connectivity index (χ3n) is 9.84. The van der Waals surface area contributed by atoms with Crippen molar-refractivity contribution in [2.45, 2.75) is 51.8 Å². The number of carbonyl (C=O) groups excluding carboxylic acids is 2. The maximum atomic E-state index is 13.0. The number of pyridine rings is 1. The Hall–Kier alpha value is -5.86. The minimum atomic E-state index is -4.19. The number of carbonyl (C=O) groups is 2. The van der Waals surface area contributed by atoms with Crippen LogP contribution in [0.5, 0.6) is 0 Å². The third kappa shape index (κ3) is 13.6. The molecule has 6 aromatic rings. The van der Waals surface area contributed by atoms with Crippen molar-refractivity contribution in [2.24, 2.45) is 4.99 Å². The van der Waals surface area contributed by atoms with E-state index in [1.165, 1.54) is 91.1 Å². The lowest BCUT2D eigenvalue weighted by Crippen LogP contribution is -2.36. The van der Waals surface area contributed by atoms with E-state index < -0.39 is 51.9 Å². The van der Waals surface area contributed by atoms with Crippen molar-refractivity contribution in [3.05, 3.63) is 153 Å². The second kappa shape index (κ2) is 21.9. The van der Waals surface area contributed by atoms with E-state index in [1.54, 1.807) is 37.3 Å². The van der Waals surface area contributed by atoms with E-state index in [0.717, 1.165) is 23.9 Å². The summed E-state index contributed by atoms with van der Waals surface area (Å²) < 4.78 is 110. The average molecular weight is 1120 g/mol. The van der Waals surface area contributed by atoms with Gasteiger partial charge in [0, 0.05) is 29.5 Å². The maximum Gasteiger partial charge on any atom is 0.274 e. The Labute approximate surface area is 429 Å². The first kappa shape index (κ1) is 53.0. The summed E-state index contributed by atoms with van der Waals surface area (Å²) in [6.45, 7) is 1.75. The molecule has 5 aromatic carbocycles. The highest BCUT2D eigenvalue weighted by Gasteiger charge is 2.31. The van der Waals surface area contributed by atoms with Gasteiger partial charge in [-0.1, -0.05) is 71.5 Å². The molecule has 1 saturated heterocycles. The number of hydrazine groups is 1. The lowest BCUT2D eigenvalue weighted by molar-refractivity contribution is -0.116. The third-order valence-corrected chi connectivity index (χ3v) is 16.8. The fraction of sp³-hybridized carbons (Fsp3) is 0.136. The van der Waals surface area contributed by atoms with Crippen LogP contribution >= 0.6 is 46.4 Å². The zero-order chi connectivity index (χ0) is 51.3. The van der Waals surface area contributed by atoms with Crippen molar-refractivity contribution in [1.29, 1.82) is 0 Å². The zero-order valence-corrected chi connectivity index (χ0v) is 42.9. The van der Waals surface area contributed by atoms with Crippen LogP contribution in [-0.4, -0.2) is 68.9 Å². The SMILES string of the molecule is CCNS(=O)(=O)c1cccc(S(=O)(=O)Nc2ccc(Cl)c(N=C3CC(=O)N(c4c(Cl)cc(Cl)cc4Cl)N3)c2)c1.O=C(Nc1cccc(NS(=O)(=O)c2ccc(S(=O)(=O)NC3CC3)cc2)c1)c1ccccn1. The number of halogens is 4. The number of nitrogens with one attached hydrogen (secondary N) is 6. The van der Waals surface area contributed by atoms with E-state index in [9.17, 15) is 43.3 Å². The highest BCUT2D eigenvalue weighted by atomic mass is 35.5. The largest absolute Gasteiger partial charge is 0.321 e. The quantitative estimate of drug-likeness (QED) is 0.0539. The summed E-state index contributed by atoms with van der Waals surface area (Å²) in [5.41, 5.74) is 4.12. The van der Waals surface area contributed by atoms with E-state index in [4.69, 9.17) is 46.4 Å². The molecule has 1 saturated carbocycles. The highest BCUT2D eigenvalue weighted by molar-refractivity contribution is 7.93. The van der Waals surface area contributed by atoms with Crippen LogP contribution in [-0.2, 0) is 44.9 Å². The number of nitrogens with zero attached hydrogens (tertiary/aromatic N) is 3. The van der Waals surface area contributed by atoms with Gasteiger partial charge in [0.1, 0.15) is 17.2 Å². The number of aromatic nitrogens is 1. The van der Waals surface area contributed by atoms with E-state index in [2.05, 4.69) is 39.6 Å². The predicted molar refractivity (Wildman–Crippen MR) is 273 cm³/mol. The summed E-state index contributed by atoms with van der Waals surface area (Å²) >= 11 is 24.7. The van der Waals surface area contributed by atoms with Crippen LogP contribution < -0.4 is 34.6 Å². The summed E-state index contributed by atoms with van der Waals surface area (Å²) in [6, 6.07) is 28.1. The molecule has 2 amide bonds. The molecule has 2 heterocycles. The summed E-state index contributed by atoms with van der Waals surface area (Å²) in [4.78, 5) is 32.7.